The first kappa shape index (κ1) is 13.3. The van der Waals surface area contributed by atoms with Crippen LogP contribution in [-0.4, -0.2) is 23.9 Å². The van der Waals surface area contributed by atoms with E-state index in [1.807, 2.05) is 24.5 Å². The van der Waals surface area contributed by atoms with Crippen LogP contribution in [0, 0.1) is 11.8 Å². The molecule has 0 amide bonds. The minimum absolute atomic E-state index is 0.396. The molecule has 0 spiro atoms. The van der Waals surface area contributed by atoms with E-state index in [0.717, 1.165) is 23.0 Å². The van der Waals surface area contributed by atoms with E-state index in [9.17, 15) is 9.90 Å². The molecule has 0 radical (unpaired) electrons. The second kappa shape index (κ2) is 5.65. The molecule has 1 atom stereocenters. The Labute approximate surface area is 112 Å². The normalized spacial score (nSPS) is 16.3. The van der Waals surface area contributed by atoms with Gasteiger partial charge in [0.2, 0.25) is 0 Å². The van der Waals surface area contributed by atoms with E-state index >= 15 is 0 Å². The van der Waals surface area contributed by atoms with Crippen molar-refractivity contribution in [3.8, 4) is 0 Å². The molecule has 3 nitrogen and oxygen atoms in total. The van der Waals surface area contributed by atoms with Crippen LogP contribution >= 0.6 is 11.8 Å². The minimum Gasteiger partial charge on any atom is -0.478 e. The molecular formula is C14H19NO2S. The van der Waals surface area contributed by atoms with Crippen molar-refractivity contribution in [1.82, 2.24) is 0 Å². The molecule has 0 aliphatic heterocycles. The van der Waals surface area contributed by atoms with Gasteiger partial charge in [-0.15, -0.1) is 11.8 Å². The second-order valence-corrected chi connectivity index (χ2v) is 5.73. The molecule has 1 aromatic rings. The van der Waals surface area contributed by atoms with Gasteiger partial charge in [-0.3, -0.25) is 0 Å². The van der Waals surface area contributed by atoms with Crippen LogP contribution in [0.25, 0.3) is 0 Å². The maximum Gasteiger partial charge on any atom is 0.338 e. The summed E-state index contributed by atoms with van der Waals surface area (Å²) >= 11 is 1.47. The maximum absolute atomic E-state index is 11.3. The molecule has 0 aromatic heterocycles. The number of anilines is 1. The van der Waals surface area contributed by atoms with Crippen molar-refractivity contribution in [2.45, 2.75) is 24.7 Å². The van der Waals surface area contributed by atoms with Crippen LogP contribution in [-0.2, 0) is 0 Å². The average Bonchev–Trinajstić information content (AvgIpc) is 3.19. The van der Waals surface area contributed by atoms with E-state index in [-0.39, 0.29) is 0 Å². The van der Waals surface area contributed by atoms with Crippen LogP contribution in [0.3, 0.4) is 0 Å². The van der Waals surface area contributed by atoms with Gasteiger partial charge in [0, 0.05) is 17.1 Å². The summed E-state index contributed by atoms with van der Waals surface area (Å²) in [5.74, 6) is 0.584. The number of hydrogen-bond acceptors (Lipinski definition) is 3. The fourth-order valence-electron chi connectivity index (χ4n) is 2.17. The van der Waals surface area contributed by atoms with Gasteiger partial charge in [-0.2, -0.15) is 0 Å². The second-order valence-electron chi connectivity index (χ2n) is 4.88. The molecule has 4 heteroatoms. The van der Waals surface area contributed by atoms with Gasteiger partial charge in [-0.1, -0.05) is 13.0 Å². The largest absolute Gasteiger partial charge is 0.478 e. The zero-order valence-corrected chi connectivity index (χ0v) is 11.6. The van der Waals surface area contributed by atoms with Gasteiger partial charge in [0.1, 0.15) is 0 Å². The van der Waals surface area contributed by atoms with Gasteiger partial charge < -0.3 is 10.4 Å². The van der Waals surface area contributed by atoms with E-state index in [0.29, 0.717) is 11.5 Å². The summed E-state index contributed by atoms with van der Waals surface area (Å²) in [6, 6.07) is 5.61. The summed E-state index contributed by atoms with van der Waals surface area (Å²) in [7, 11) is 0. The number of thioether (sulfide) groups is 1. The Bertz CT molecular complexity index is 443. The van der Waals surface area contributed by atoms with E-state index in [1.165, 1.54) is 24.6 Å². The fourth-order valence-corrected chi connectivity index (χ4v) is 2.79. The van der Waals surface area contributed by atoms with Crippen molar-refractivity contribution in [3.05, 3.63) is 23.8 Å². The summed E-state index contributed by atoms with van der Waals surface area (Å²) in [4.78, 5) is 12.2. The molecule has 0 saturated heterocycles. The number of benzene rings is 1. The average molecular weight is 265 g/mol. The third kappa shape index (κ3) is 2.99. The highest BCUT2D eigenvalue weighted by molar-refractivity contribution is 7.98. The van der Waals surface area contributed by atoms with Crippen molar-refractivity contribution in [1.29, 1.82) is 0 Å². The molecule has 1 aliphatic rings. The summed E-state index contributed by atoms with van der Waals surface area (Å²) in [5.41, 5.74) is 1.13. The molecular weight excluding hydrogens is 246 g/mol. The molecule has 98 valence electrons. The highest BCUT2D eigenvalue weighted by Crippen LogP contribution is 2.37. The lowest BCUT2D eigenvalue weighted by atomic mass is 10.1. The predicted molar refractivity (Wildman–Crippen MR) is 75.6 cm³/mol. The van der Waals surface area contributed by atoms with E-state index in [1.54, 1.807) is 0 Å². The molecule has 2 rings (SSSR count). The number of carboxylic acids is 1. The van der Waals surface area contributed by atoms with Crippen LogP contribution < -0.4 is 5.32 Å². The zero-order valence-electron chi connectivity index (χ0n) is 10.8. The molecule has 1 aliphatic carbocycles. The zero-order chi connectivity index (χ0) is 13.1. The smallest absolute Gasteiger partial charge is 0.338 e. The summed E-state index contributed by atoms with van der Waals surface area (Å²) in [6.45, 7) is 3.08. The van der Waals surface area contributed by atoms with E-state index < -0.39 is 5.97 Å². The number of carbonyl (C=O) groups is 1. The number of rotatable bonds is 6. The Kier molecular flexibility index (Phi) is 4.17. The first-order valence-electron chi connectivity index (χ1n) is 6.27. The van der Waals surface area contributed by atoms with E-state index in [2.05, 4.69) is 12.2 Å². The molecule has 0 heterocycles. The SMILES string of the molecule is CSc1cccc(NCC(C)C2CC2)c1C(=O)O. The molecule has 18 heavy (non-hydrogen) atoms. The lowest BCUT2D eigenvalue weighted by Gasteiger charge is -2.15. The first-order valence-corrected chi connectivity index (χ1v) is 7.50. The molecule has 2 N–H and O–H groups in total. The highest BCUT2D eigenvalue weighted by atomic mass is 32.2. The van der Waals surface area contributed by atoms with Gasteiger partial charge in [-0.25, -0.2) is 4.79 Å². The molecule has 1 unspecified atom stereocenters. The predicted octanol–water partition coefficient (Wildman–Crippen LogP) is 3.56. The Balaban J connectivity index is 2.12. The molecule has 1 fully saturated rings. The topological polar surface area (TPSA) is 49.3 Å². The first-order chi connectivity index (χ1) is 8.63. The Morgan fingerprint density at radius 1 is 1.56 bits per heavy atom. The summed E-state index contributed by atoms with van der Waals surface area (Å²) in [5, 5.41) is 12.6. The fraction of sp³-hybridized carbons (Fsp3) is 0.500. The van der Waals surface area contributed by atoms with Crippen molar-refractivity contribution >= 4 is 23.4 Å². The lowest BCUT2D eigenvalue weighted by molar-refractivity contribution is 0.0694. The quantitative estimate of drug-likeness (QED) is 0.772. The number of hydrogen-bond donors (Lipinski definition) is 2. The third-order valence-electron chi connectivity index (χ3n) is 3.50. The van der Waals surface area contributed by atoms with Crippen LogP contribution in [0.15, 0.2) is 23.1 Å². The Hall–Kier alpha value is -1.16. The monoisotopic (exact) mass is 265 g/mol. The van der Waals surface area contributed by atoms with Gasteiger partial charge in [0.05, 0.1) is 5.56 Å². The van der Waals surface area contributed by atoms with Crippen molar-refractivity contribution in [3.63, 3.8) is 0 Å². The van der Waals surface area contributed by atoms with Crippen molar-refractivity contribution < 1.29 is 9.90 Å². The Morgan fingerprint density at radius 3 is 2.83 bits per heavy atom. The molecule has 0 bridgehead atoms. The van der Waals surface area contributed by atoms with Crippen LogP contribution in [0.1, 0.15) is 30.1 Å². The van der Waals surface area contributed by atoms with Crippen molar-refractivity contribution in [2.24, 2.45) is 11.8 Å². The Morgan fingerprint density at radius 2 is 2.28 bits per heavy atom. The number of nitrogens with one attached hydrogen (secondary N) is 1. The third-order valence-corrected chi connectivity index (χ3v) is 4.28. The standard InChI is InChI=1S/C14H19NO2S/c1-9(10-6-7-10)8-15-11-4-3-5-12(18-2)13(11)14(16)17/h3-5,9-10,15H,6-8H2,1-2H3,(H,16,17). The maximum atomic E-state index is 11.3. The highest BCUT2D eigenvalue weighted by Gasteiger charge is 2.27. The van der Waals surface area contributed by atoms with Crippen LogP contribution in [0.5, 0.6) is 0 Å². The lowest BCUT2D eigenvalue weighted by Crippen LogP contribution is -2.15. The van der Waals surface area contributed by atoms with Gasteiger partial charge in [0.25, 0.3) is 0 Å². The summed E-state index contributed by atoms with van der Waals surface area (Å²) in [6.07, 6.45) is 4.54. The number of carboxylic acid groups (broad SMARTS) is 1. The molecule has 1 aromatic carbocycles. The number of aromatic carboxylic acids is 1. The van der Waals surface area contributed by atoms with Crippen LogP contribution in [0.2, 0.25) is 0 Å². The van der Waals surface area contributed by atoms with Crippen LogP contribution in [0.4, 0.5) is 5.69 Å². The van der Waals surface area contributed by atoms with E-state index in [4.69, 9.17) is 0 Å². The van der Waals surface area contributed by atoms with Gasteiger partial charge >= 0.3 is 5.97 Å². The minimum atomic E-state index is -0.860. The van der Waals surface area contributed by atoms with Gasteiger partial charge in [0.15, 0.2) is 0 Å². The molecule has 1 saturated carbocycles. The van der Waals surface area contributed by atoms with Gasteiger partial charge in [-0.05, 0) is 43.1 Å². The summed E-state index contributed by atoms with van der Waals surface area (Å²) < 4.78 is 0. The van der Waals surface area contributed by atoms with Crippen molar-refractivity contribution in [2.75, 3.05) is 18.1 Å².